The quantitative estimate of drug-likeness (QED) is 0.398. The molecule has 1 aromatic carbocycles. The van der Waals surface area contributed by atoms with E-state index in [1.807, 2.05) is 6.92 Å². The second-order valence-corrected chi connectivity index (χ2v) is 5.88. The molecule has 1 rings (SSSR count). The van der Waals surface area contributed by atoms with Crippen molar-refractivity contribution in [1.29, 1.82) is 0 Å². The standard InChI is InChI=1S/C14H20O5S/c1-2-3-5-10-14(15)18-11-12-19-20(16,17)13-8-6-4-7-9-13/h4,6-9H,2-3,5,10-12H2,1H3. The van der Waals surface area contributed by atoms with Gasteiger partial charge in [0.2, 0.25) is 0 Å². The predicted molar refractivity (Wildman–Crippen MR) is 74.7 cm³/mol. The first kappa shape index (κ1) is 16.7. The summed E-state index contributed by atoms with van der Waals surface area (Å²) in [6.45, 7) is 1.82. The second-order valence-electron chi connectivity index (χ2n) is 4.27. The molecule has 20 heavy (non-hydrogen) atoms. The van der Waals surface area contributed by atoms with Crippen molar-refractivity contribution in [3.05, 3.63) is 30.3 Å². The summed E-state index contributed by atoms with van der Waals surface area (Å²) in [6.07, 6.45) is 3.16. The lowest BCUT2D eigenvalue weighted by Crippen LogP contribution is -2.14. The fourth-order valence-electron chi connectivity index (χ4n) is 1.55. The molecule has 1 aromatic rings. The zero-order valence-electron chi connectivity index (χ0n) is 11.6. The molecule has 0 saturated heterocycles. The Kier molecular flexibility index (Phi) is 7.25. The summed E-state index contributed by atoms with van der Waals surface area (Å²) in [5.74, 6) is -0.320. The van der Waals surface area contributed by atoms with Gasteiger partial charge in [0.15, 0.2) is 0 Å². The average molecular weight is 300 g/mol. The van der Waals surface area contributed by atoms with Crippen molar-refractivity contribution < 1.29 is 22.1 Å². The number of hydrogen-bond acceptors (Lipinski definition) is 5. The molecule has 0 unspecified atom stereocenters. The Hall–Kier alpha value is -1.40. The average Bonchev–Trinajstić information content (AvgIpc) is 2.45. The Morgan fingerprint density at radius 3 is 2.45 bits per heavy atom. The van der Waals surface area contributed by atoms with Gasteiger partial charge in [-0.2, -0.15) is 8.42 Å². The van der Waals surface area contributed by atoms with Crippen molar-refractivity contribution in [1.82, 2.24) is 0 Å². The summed E-state index contributed by atoms with van der Waals surface area (Å²) >= 11 is 0. The minimum atomic E-state index is -3.77. The maximum atomic E-state index is 11.7. The van der Waals surface area contributed by atoms with Crippen LogP contribution in [0.3, 0.4) is 0 Å². The van der Waals surface area contributed by atoms with Crippen LogP contribution in [0.25, 0.3) is 0 Å². The molecule has 0 atom stereocenters. The van der Waals surface area contributed by atoms with Gasteiger partial charge in [0.1, 0.15) is 13.2 Å². The Labute approximate surface area is 120 Å². The van der Waals surface area contributed by atoms with Crippen molar-refractivity contribution in [2.75, 3.05) is 13.2 Å². The molecule has 0 aliphatic carbocycles. The van der Waals surface area contributed by atoms with Gasteiger partial charge in [0.05, 0.1) is 4.90 Å². The van der Waals surface area contributed by atoms with Gasteiger partial charge in [-0.05, 0) is 18.6 Å². The van der Waals surface area contributed by atoms with Crippen molar-refractivity contribution in [3.8, 4) is 0 Å². The molecule has 0 radical (unpaired) electrons. The maximum Gasteiger partial charge on any atom is 0.305 e. The minimum absolute atomic E-state index is 0.0585. The zero-order chi connectivity index (χ0) is 14.8. The van der Waals surface area contributed by atoms with E-state index >= 15 is 0 Å². The molecular weight excluding hydrogens is 280 g/mol. The molecular formula is C14H20O5S. The second kappa shape index (κ2) is 8.71. The van der Waals surface area contributed by atoms with Gasteiger partial charge in [-0.1, -0.05) is 38.0 Å². The van der Waals surface area contributed by atoms with Crippen LogP contribution in [0.5, 0.6) is 0 Å². The largest absolute Gasteiger partial charge is 0.463 e. The summed E-state index contributed by atoms with van der Waals surface area (Å²) in [4.78, 5) is 11.4. The predicted octanol–water partition coefficient (Wildman–Crippen LogP) is 2.52. The highest BCUT2D eigenvalue weighted by Gasteiger charge is 2.14. The van der Waals surface area contributed by atoms with E-state index in [4.69, 9.17) is 8.92 Å². The number of hydrogen-bond donors (Lipinski definition) is 0. The van der Waals surface area contributed by atoms with Crippen molar-refractivity contribution in [2.24, 2.45) is 0 Å². The van der Waals surface area contributed by atoms with Gasteiger partial charge >= 0.3 is 5.97 Å². The molecule has 5 nitrogen and oxygen atoms in total. The SMILES string of the molecule is CCCCCC(=O)OCCOS(=O)(=O)c1ccccc1. The fourth-order valence-corrected chi connectivity index (χ4v) is 2.46. The number of rotatable bonds is 9. The van der Waals surface area contributed by atoms with E-state index in [-0.39, 0.29) is 24.1 Å². The molecule has 0 bridgehead atoms. The summed E-state index contributed by atoms with van der Waals surface area (Å²) in [5, 5.41) is 0. The smallest absolute Gasteiger partial charge is 0.305 e. The lowest BCUT2D eigenvalue weighted by atomic mass is 10.2. The maximum absolute atomic E-state index is 11.7. The highest BCUT2D eigenvalue weighted by Crippen LogP contribution is 2.10. The van der Waals surface area contributed by atoms with Gasteiger partial charge in [-0.25, -0.2) is 0 Å². The van der Waals surface area contributed by atoms with Crippen LogP contribution in [-0.4, -0.2) is 27.6 Å². The summed E-state index contributed by atoms with van der Waals surface area (Å²) in [5.41, 5.74) is 0. The highest BCUT2D eigenvalue weighted by atomic mass is 32.2. The van der Waals surface area contributed by atoms with E-state index in [1.165, 1.54) is 12.1 Å². The lowest BCUT2D eigenvalue weighted by molar-refractivity contribution is -0.144. The van der Waals surface area contributed by atoms with Crippen LogP contribution in [0, 0.1) is 0 Å². The third-order valence-electron chi connectivity index (χ3n) is 2.60. The molecule has 6 heteroatoms. The van der Waals surface area contributed by atoms with Gasteiger partial charge in [0, 0.05) is 6.42 Å². The van der Waals surface area contributed by atoms with E-state index in [1.54, 1.807) is 18.2 Å². The highest BCUT2D eigenvalue weighted by molar-refractivity contribution is 7.86. The molecule has 0 aromatic heterocycles. The topological polar surface area (TPSA) is 69.7 Å². The first-order chi connectivity index (χ1) is 9.56. The van der Waals surface area contributed by atoms with Crippen molar-refractivity contribution >= 4 is 16.1 Å². The van der Waals surface area contributed by atoms with Crippen LogP contribution in [0.15, 0.2) is 35.2 Å². The molecule has 0 spiro atoms. The van der Waals surface area contributed by atoms with Gasteiger partial charge in [-0.3, -0.25) is 8.98 Å². The number of carbonyl (C=O) groups excluding carboxylic acids is 1. The summed E-state index contributed by atoms with van der Waals surface area (Å²) < 4.78 is 33.1. The molecule has 112 valence electrons. The molecule has 0 amide bonds. The van der Waals surface area contributed by atoms with Gasteiger partial charge < -0.3 is 4.74 Å². The third kappa shape index (κ3) is 6.16. The van der Waals surface area contributed by atoms with Gasteiger partial charge in [-0.15, -0.1) is 0 Å². The van der Waals surface area contributed by atoms with Crippen LogP contribution < -0.4 is 0 Å². The zero-order valence-corrected chi connectivity index (χ0v) is 12.4. The molecule has 0 saturated carbocycles. The summed E-state index contributed by atoms with van der Waals surface area (Å²) in [6, 6.07) is 7.85. The van der Waals surface area contributed by atoms with E-state index in [0.29, 0.717) is 6.42 Å². The summed E-state index contributed by atoms with van der Waals surface area (Å²) in [7, 11) is -3.77. The van der Waals surface area contributed by atoms with Crippen LogP contribution in [0.4, 0.5) is 0 Å². The molecule has 0 fully saturated rings. The first-order valence-electron chi connectivity index (χ1n) is 6.66. The van der Waals surface area contributed by atoms with Crippen LogP contribution in [0.1, 0.15) is 32.6 Å². The lowest BCUT2D eigenvalue weighted by Gasteiger charge is -2.06. The first-order valence-corrected chi connectivity index (χ1v) is 8.07. The Balaban J connectivity index is 2.26. The van der Waals surface area contributed by atoms with Crippen molar-refractivity contribution in [2.45, 2.75) is 37.5 Å². The van der Waals surface area contributed by atoms with Crippen molar-refractivity contribution in [3.63, 3.8) is 0 Å². The minimum Gasteiger partial charge on any atom is -0.463 e. The number of ether oxygens (including phenoxy) is 1. The third-order valence-corrected chi connectivity index (χ3v) is 3.93. The van der Waals surface area contributed by atoms with E-state index in [9.17, 15) is 13.2 Å². The Morgan fingerprint density at radius 2 is 1.80 bits per heavy atom. The Morgan fingerprint density at radius 1 is 1.10 bits per heavy atom. The monoisotopic (exact) mass is 300 g/mol. The number of benzene rings is 1. The number of unbranched alkanes of at least 4 members (excludes halogenated alkanes) is 2. The van der Waals surface area contributed by atoms with E-state index in [0.717, 1.165) is 19.3 Å². The van der Waals surface area contributed by atoms with Gasteiger partial charge in [0.25, 0.3) is 10.1 Å². The Bertz CT molecular complexity index is 496. The fraction of sp³-hybridized carbons (Fsp3) is 0.500. The van der Waals surface area contributed by atoms with Crippen LogP contribution in [0.2, 0.25) is 0 Å². The molecule has 0 heterocycles. The van der Waals surface area contributed by atoms with Crippen LogP contribution in [-0.2, 0) is 23.8 Å². The van der Waals surface area contributed by atoms with Crippen LogP contribution >= 0.6 is 0 Å². The molecule has 0 N–H and O–H groups in total. The number of esters is 1. The van der Waals surface area contributed by atoms with E-state index < -0.39 is 10.1 Å². The number of carbonyl (C=O) groups is 1. The normalized spacial score (nSPS) is 11.2. The van der Waals surface area contributed by atoms with E-state index in [2.05, 4.69) is 0 Å². The molecule has 0 aliphatic heterocycles. The molecule has 0 aliphatic rings.